The maximum atomic E-state index is 9.14. The normalized spacial score (nSPS) is 10.1. The number of benzene rings is 1. The largest absolute Gasteiger partial charge is 0.382 e. The van der Waals surface area contributed by atoms with Crippen LogP contribution in [0.3, 0.4) is 0 Å². The minimum Gasteiger partial charge on any atom is -0.382 e. The number of aromatic nitrogens is 2. The fourth-order valence-electron chi connectivity index (χ4n) is 1.93. The van der Waals surface area contributed by atoms with Gasteiger partial charge < -0.3 is 11.5 Å². The molecule has 0 radical (unpaired) electrons. The maximum absolute atomic E-state index is 9.14. The molecule has 0 saturated carbocycles. The molecule has 0 spiro atoms. The minimum absolute atomic E-state index is 0.0701. The van der Waals surface area contributed by atoms with Crippen LogP contribution < -0.4 is 11.5 Å². The molecule has 5 heteroatoms. The summed E-state index contributed by atoms with van der Waals surface area (Å²) in [6, 6.07) is 7.95. The third-order valence-electron chi connectivity index (χ3n) is 2.56. The van der Waals surface area contributed by atoms with Crippen LogP contribution in [0.4, 0.5) is 11.8 Å². The number of aryl methyl sites for hydroxylation is 2. The molecule has 0 bridgehead atoms. The molecular formula is C13H13N5. The van der Waals surface area contributed by atoms with Crippen molar-refractivity contribution in [2.45, 2.75) is 13.8 Å². The van der Waals surface area contributed by atoms with Crippen LogP contribution in [-0.4, -0.2) is 9.97 Å². The second kappa shape index (κ2) is 4.34. The Balaban J connectivity index is 2.74. The second-order valence-electron chi connectivity index (χ2n) is 4.18. The van der Waals surface area contributed by atoms with Crippen LogP contribution in [0.25, 0.3) is 11.3 Å². The van der Waals surface area contributed by atoms with Crippen molar-refractivity contribution in [3.63, 3.8) is 0 Å². The molecule has 0 saturated heterocycles. The summed E-state index contributed by atoms with van der Waals surface area (Å²) in [7, 11) is 0. The number of hydrogen-bond acceptors (Lipinski definition) is 5. The number of anilines is 2. The number of hydrogen-bond donors (Lipinski definition) is 2. The zero-order valence-electron chi connectivity index (χ0n) is 10.2. The predicted octanol–water partition coefficient (Wildman–Crippen LogP) is 1.80. The number of nitrogen functional groups attached to an aromatic ring is 2. The fourth-order valence-corrected chi connectivity index (χ4v) is 1.93. The predicted molar refractivity (Wildman–Crippen MR) is 70.5 cm³/mol. The Labute approximate surface area is 105 Å². The van der Waals surface area contributed by atoms with Crippen LogP contribution in [0.2, 0.25) is 0 Å². The zero-order valence-corrected chi connectivity index (χ0v) is 10.2. The molecule has 4 N–H and O–H groups in total. The first-order valence-corrected chi connectivity index (χ1v) is 5.43. The van der Waals surface area contributed by atoms with E-state index >= 15 is 0 Å². The molecule has 2 aromatic rings. The molecule has 1 aromatic heterocycles. The van der Waals surface area contributed by atoms with E-state index in [1.54, 1.807) is 0 Å². The monoisotopic (exact) mass is 239 g/mol. The Morgan fingerprint density at radius 2 is 1.67 bits per heavy atom. The van der Waals surface area contributed by atoms with Crippen molar-refractivity contribution in [3.8, 4) is 17.3 Å². The third-order valence-corrected chi connectivity index (χ3v) is 2.56. The molecular weight excluding hydrogens is 226 g/mol. The van der Waals surface area contributed by atoms with E-state index in [4.69, 9.17) is 16.7 Å². The van der Waals surface area contributed by atoms with E-state index in [1.165, 1.54) is 0 Å². The molecule has 0 fully saturated rings. The van der Waals surface area contributed by atoms with E-state index in [1.807, 2.05) is 38.1 Å². The highest BCUT2D eigenvalue weighted by atomic mass is 15.0. The molecule has 1 aromatic carbocycles. The van der Waals surface area contributed by atoms with Crippen molar-refractivity contribution in [3.05, 3.63) is 34.9 Å². The Morgan fingerprint density at radius 3 is 2.22 bits per heavy atom. The Kier molecular flexibility index (Phi) is 2.86. The van der Waals surface area contributed by atoms with Gasteiger partial charge in [0.2, 0.25) is 5.95 Å². The number of rotatable bonds is 1. The summed E-state index contributed by atoms with van der Waals surface area (Å²) >= 11 is 0. The Hall–Kier alpha value is -2.61. The standard InChI is InChI=1S/C13H13N5/c1-7-3-8(2)5-9(4-7)11-10(6-14)12(15)18-13(16)17-11/h3-5H,1-2H3,(H4,15,16,17,18). The van der Waals surface area contributed by atoms with Gasteiger partial charge in [-0.2, -0.15) is 10.2 Å². The van der Waals surface area contributed by atoms with Gasteiger partial charge in [-0.05, 0) is 26.0 Å². The highest BCUT2D eigenvalue weighted by Crippen LogP contribution is 2.26. The molecule has 0 atom stereocenters. The molecule has 2 rings (SSSR count). The summed E-state index contributed by atoms with van der Waals surface area (Å²) in [5.41, 5.74) is 15.0. The quantitative estimate of drug-likeness (QED) is 0.790. The first kappa shape index (κ1) is 11.9. The zero-order chi connectivity index (χ0) is 13.3. The number of nitrogens with zero attached hydrogens (tertiary/aromatic N) is 3. The van der Waals surface area contributed by atoms with Crippen LogP contribution in [0, 0.1) is 25.2 Å². The molecule has 0 unspecified atom stereocenters. The molecule has 90 valence electrons. The van der Waals surface area contributed by atoms with Crippen LogP contribution in [0.5, 0.6) is 0 Å². The fraction of sp³-hybridized carbons (Fsp3) is 0.154. The first-order valence-electron chi connectivity index (χ1n) is 5.43. The smallest absolute Gasteiger partial charge is 0.222 e. The van der Waals surface area contributed by atoms with Gasteiger partial charge in [-0.25, -0.2) is 4.98 Å². The molecule has 0 aliphatic carbocycles. The van der Waals surface area contributed by atoms with Crippen molar-refractivity contribution in [2.24, 2.45) is 0 Å². The molecule has 5 nitrogen and oxygen atoms in total. The lowest BCUT2D eigenvalue weighted by Crippen LogP contribution is -2.05. The lowest BCUT2D eigenvalue weighted by Gasteiger charge is -2.08. The van der Waals surface area contributed by atoms with Gasteiger partial charge in [0.05, 0.1) is 5.69 Å². The minimum atomic E-state index is 0.0701. The van der Waals surface area contributed by atoms with Gasteiger partial charge in [0.1, 0.15) is 17.5 Å². The van der Waals surface area contributed by atoms with Crippen LogP contribution >= 0.6 is 0 Å². The number of nitriles is 1. The average Bonchev–Trinajstić information content (AvgIpc) is 2.26. The summed E-state index contributed by atoms with van der Waals surface area (Å²) in [6.45, 7) is 3.97. The average molecular weight is 239 g/mol. The maximum Gasteiger partial charge on any atom is 0.222 e. The summed E-state index contributed by atoms with van der Waals surface area (Å²) in [5, 5.41) is 9.14. The van der Waals surface area contributed by atoms with E-state index in [2.05, 4.69) is 9.97 Å². The van der Waals surface area contributed by atoms with Crippen molar-refractivity contribution in [1.29, 1.82) is 5.26 Å². The van der Waals surface area contributed by atoms with Gasteiger partial charge in [-0.15, -0.1) is 0 Å². The highest BCUT2D eigenvalue weighted by molar-refractivity contribution is 5.73. The van der Waals surface area contributed by atoms with Crippen molar-refractivity contribution < 1.29 is 0 Å². The van der Waals surface area contributed by atoms with Crippen molar-refractivity contribution in [1.82, 2.24) is 9.97 Å². The lowest BCUT2D eigenvalue weighted by atomic mass is 10.0. The van der Waals surface area contributed by atoms with E-state index in [0.717, 1.165) is 16.7 Å². The van der Waals surface area contributed by atoms with Crippen LogP contribution in [0.15, 0.2) is 18.2 Å². The van der Waals surface area contributed by atoms with Gasteiger partial charge in [0, 0.05) is 5.56 Å². The molecule has 18 heavy (non-hydrogen) atoms. The molecule has 1 heterocycles. The van der Waals surface area contributed by atoms with Crippen LogP contribution in [-0.2, 0) is 0 Å². The van der Waals surface area contributed by atoms with Gasteiger partial charge in [0.15, 0.2) is 0 Å². The Morgan fingerprint density at radius 1 is 1.06 bits per heavy atom. The van der Waals surface area contributed by atoms with Gasteiger partial charge in [0.25, 0.3) is 0 Å². The summed E-state index contributed by atoms with van der Waals surface area (Å²) < 4.78 is 0. The number of nitrogens with two attached hydrogens (primary N) is 2. The van der Waals surface area contributed by atoms with Crippen molar-refractivity contribution >= 4 is 11.8 Å². The Bertz CT molecular complexity index is 635. The van der Waals surface area contributed by atoms with E-state index in [9.17, 15) is 0 Å². The lowest BCUT2D eigenvalue weighted by molar-refractivity contribution is 1.18. The van der Waals surface area contributed by atoms with Gasteiger partial charge in [-0.1, -0.05) is 17.2 Å². The SMILES string of the molecule is Cc1cc(C)cc(-c2nc(N)nc(N)c2C#N)c1. The second-order valence-corrected chi connectivity index (χ2v) is 4.18. The third kappa shape index (κ3) is 2.09. The van der Waals surface area contributed by atoms with Crippen LogP contribution in [0.1, 0.15) is 16.7 Å². The van der Waals surface area contributed by atoms with E-state index in [-0.39, 0.29) is 17.3 Å². The first-order chi connectivity index (χ1) is 8.51. The van der Waals surface area contributed by atoms with E-state index in [0.29, 0.717) is 5.69 Å². The summed E-state index contributed by atoms with van der Waals surface area (Å²) in [5.74, 6) is 0.180. The molecule has 0 amide bonds. The highest BCUT2D eigenvalue weighted by Gasteiger charge is 2.13. The molecule has 0 aliphatic rings. The van der Waals surface area contributed by atoms with E-state index < -0.39 is 0 Å². The molecule has 0 aliphatic heterocycles. The van der Waals surface area contributed by atoms with Gasteiger partial charge in [-0.3, -0.25) is 0 Å². The van der Waals surface area contributed by atoms with Gasteiger partial charge >= 0.3 is 0 Å². The van der Waals surface area contributed by atoms with Crippen molar-refractivity contribution in [2.75, 3.05) is 11.5 Å². The summed E-state index contributed by atoms with van der Waals surface area (Å²) in [4.78, 5) is 7.92. The topological polar surface area (TPSA) is 102 Å². The summed E-state index contributed by atoms with van der Waals surface area (Å²) in [6.07, 6.45) is 0.